The second-order valence-corrected chi connectivity index (χ2v) is 5.29. The molecule has 0 fully saturated rings. The Kier molecular flexibility index (Phi) is 4.69. The molecule has 2 aromatic rings. The molecular formula is C17H17FN4O2. The number of ether oxygens (including phenoxy) is 1. The molecule has 0 saturated carbocycles. The van der Waals surface area contributed by atoms with Gasteiger partial charge in [-0.2, -0.15) is 5.10 Å². The molecule has 1 aliphatic heterocycles. The first-order valence-electron chi connectivity index (χ1n) is 7.53. The molecule has 24 heavy (non-hydrogen) atoms. The highest BCUT2D eigenvalue weighted by Gasteiger charge is 2.21. The molecule has 0 saturated heterocycles. The van der Waals surface area contributed by atoms with Gasteiger partial charge in [0.15, 0.2) is 0 Å². The fourth-order valence-electron chi connectivity index (χ4n) is 2.35. The second kappa shape index (κ2) is 7.08. The molecule has 6 nitrogen and oxygen atoms in total. The van der Waals surface area contributed by atoms with Gasteiger partial charge < -0.3 is 10.1 Å². The minimum Gasteiger partial charge on any atom is -0.481 e. The number of halogens is 1. The van der Waals surface area contributed by atoms with Crippen LogP contribution in [0.3, 0.4) is 0 Å². The van der Waals surface area contributed by atoms with Crippen LogP contribution < -0.4 is 10.1 Å². The third-order valence-electron chi connectivity index (χ3n) is 3.66. The van der Waals surface area contributed by atoms with Crippen LogP contribution in [0.5, 0.6) is 5.88 Å². The van der Waals surface area contributed by atoms with E-state index in [-0.39, 0.29) is 11.8 Å². The van der Waals surface area contributed by atoms with Crippen LogP contribution in [0.4, 0.5) is 9.18 Å². The van der Waals surface area contributed by atoms with E-state index in [2.05, 4.69) is 15.4 Å². The topological polar surface area (TPSA) is 66.8 Å². The van der Waals surface area contributed by atoms with Crippen molar-refractivity contribution < 1.29 is 13.9 Å². The van der Waals surface area contributed by atoms with E-state index in [0.717, 1.165) is 16.8 Å². The number of amides is 2. The van der Waals surface area contributed by atoms with Crippen molar-refractivity contribution >= 4 is 11.7 Å². The highest BCUT2D eigenvalue weighted by Crippen LogP contribution is 2.14. The summed E-state index contributed by atoms with van der Waals surface area (Å²) in [5.41, 5.74) is 2.47. The SMILES string of the molecule is COc1ccc(CNC(=O)N2CCC(c3ccc(F)cc3)=N2)cn1. The zero-order valence-electron chi connectivity index (χ0n) is 13.2. The molecule has 1 aromatic carbocycles. The number of carbonyl (C=O) groups excluding carboxylic acids is 1. The standard InChI is InChI=1S/C17H17FN4O2/c1-24-16-7-2-12(10-19-16)11-20-17(23)22-9-8-15(21-22)13-3-5-14(18)6-4-13/h2-7,10H,8-9,11H2,1H3,(H,20,23). The quantitative estimate of drug-likeness (QED) is 0.938. The Balaban J connectivity index is 1.58. The van der Waals surface area contributed by atoms with Crippen LogP contribution >= 0.6 is 0 Å². The largest absolute Gasteiger partial charge is 0.481 e. The molecule has 0 atom stereocenters. The number of nitrogens with one attached hydrogen (secondary N) is 1. The van der Waals surface area contributed by atoms with Crippen molar-refractivity contribution in [1.29, 1.82) is 0 Å². The molecule has 0 unspecified atom stereocenters. The van der Waals surface area contributed by atoms with E-state index in [1.54, 1.807) is 31.5 Å². The van der Waals surface area contributed by atoms with Crippen molar-refractivity contribution in [2.24, 2.45) is 5.10 Å². The minimum atomic E-state index is -0.292. The fourth-order valence-corrected chi connectivity index (χ4v) is 2.35. The molecule has 0 bridgehead atoms. The number of carbonyl (C=O) groups is 1. The Morgan fingerprint density at radius 2 is 2.08 bits per heavy atom. The Labute approximate surface area is 139 Å². The number of hydrogen-bond acceptors (Lipinski definition) is 4. The summed E-state index contributed by atoms with van der Waals surface area (Å²) in [5.74, 6) is 0.234. The Morgan fingerprint density at radius 3 is 2.75 bits per heavy atom. The molecule has 3 rings (SSSR count). The fraction of sp³-hybridized carbons (Fsp3) is 0.235. The lowest BCUT2D eigenvalue weighted by molar-refractivity contribution is 0.205. The van der Waals surface area contributed by atoms with E-state index < -0.39 is 0 Å². The number of aromatic nitrogens is 1. The van der Waals surface area contributed by atoms with Gasteiger partial charge in [-0.25, -0.2) is 19.2 Å². The normalized spacial score (nSPS) is 13.6. The van der Waals surface area contributed by atoms with Gasteiger partial charge in [0.2, 0.25) is 5.88 Å². The lowest BCUT2D eigenvalue weighted by Crippen LogP contribution is -2.34. The average Bonchev–Trinajstić information content (AvgIpc) is 3.11. The van der Waals surface area contributed by atoms with Crippen LogP contribution in [0.15, 0.2) is 47.7 Å². The molecule has 1 aromatic heterocycles. The van der Waals surface area contributed by atoms with Gasteiger partial charge in [0, 0.05) is 25.2 Å². The molecule has 124 valence electrons. The molecule has 1 aliphatic rings. The van der Waals surface area contributed by atoms with Crippen molar-refractivity contribution in [2.45, 2.75) is 13.0 Å². The van der Waals surface area contributed by atoms with Crippen LogP contribution in [0, 0.1) is 5.82 Å². The maximum absolute atomic E-state index is 13.0. The van der Waals surface area contributed by atoms with Crippen molar-refractivity contribution in [3.05, 3.63) is 59.5 Å². The second-order valence-electron chi connectivity index (χ2n) is 5.29. The number of methoxy groups -OCH3 is 1. The average molecular weight is 328 g/mol. The summed E-state index contributed by atoms with van der Waals surface area (Å²) < 4.78 is 17.9. The van der Waals surface area contributed by atoms with Crippen LogP contribution in [0.25, 0.3) is 0 Å². The van der Waals surface area contributed by atoms with Gasteiger partial charge in [0.1, 0.15) is 5.82 Å². The highest BCUT2D eigenvalue weighted by atomic mass is 19.1. The van der Waals surface area contributed by atoms with Crippen LogP contribution in [-0.4, -0.2) is 35.4 Å². The number of hydrogen-bond donors (Lipinski definition) is 1. The van der Waals surface area contributed by atoms with Crippen molar-refractivity contribution in [3.8, 4) is 5.88 Å². The van der Waals surface area contributed by atoms with Gasteiger partial charge >= 0.3 is 6.03 Å². The predicted molar refractivity (Wildman–Crippen MR) is 87.3 cm³/mol. The monoisotopic (exact) mass is 328 g/mol. The van der Waals surface area contributed by atoms with Crippen molar-refractivity contribution in [2.75, 3.05) is 13.7 Å². The van der Waals surface area contributed by atoms with Crippen LogP contribution in [-0.2, 0) is 6.54 Å². The molecule has 0 radical (unpaired) electrons. The maximum atomic E-state index is 13.0. The first kappa shape index (κ1) is 15.9. The molecular weight excluding hydrogens is 311 g/mol. The van der Waals surface area contributed by atoms with Gasteiger partial charge in [0.05, 0.1) is 19.4 Å². The maximum Gasteiger partial charge on any atom is 0.338 e. The third-order valence-corrected chi connectivity index (χ3v) is 3.66. The smallest absolute Gasteiger partial charge is 0.338 e. The molecule has 2 heterocycles. The number of rotatable bonds is 4. The molecule has 0 spiro atoms. The van der Waals surface area contributed by atoms with Crippen LogP contribution in [0.2, 0.25) is 0 Å². The number of hydrazone groups is 1. The number of nitrogens with zero attached hydrogens (tertiary/aromatic N) is 3. The van der Waals surface area contributed by atoms with Gasteiger partial charge in [-0.15, -0.1) is 0 Å². The number of benzene rings is 1. The van der Waals surface area contributed by atoms with E-state index >= 15 is 0 Å². The molecule has 1 N–H and O–H groups in total. The van der Waals surface area contributed by atoms with Crippen LogP contribution in [0.1, 0.15) is 17.5 Å². The van der Waals surface area contributed by atoms with E-state index in [1.807, 2.05) is 6.07 Å². The lowest BCUT2D eigenvalue weighted by Gasteiger charge is -2.12. The highest BCUT2D eigenvalue weighted by molar-refractivity contribution is 6.02. The van der Waals surface area contributed by atoms with Gasteiger partial charge in [0.25, 0.3) is 0 Å². The summed E-state index contributed by atoms with van der Waals surface area (Å²) >= 11 is 0. The van der Waals surface area contributed by atoms with E-state index in [1.165, 1.54) is 17.1 Å². The summed E-state index contributed by atoms with van der Waals surface area (Å²) in [7, 11) is 1.55. The molecule has 7 heteroatoms. The van der Waals surface area contributed by atoms with Gasteiger partial charge in [-0.05, 0) is 23.3 Å². The predicted octanol–water partition coefficient (Wildman–Crippen LogP) is 2.55. The summed E-state index contributed by atoms with van der Waals surface area (Å²) in [4.78, 5) is 16.3. The van der Waals surface area contributed by atoms with Gasteiger partial charge in [-0.3, -0.25) is 0 Å². The van der Waals surface area contributed by atoms with Crippen molar-refractivity contribution in [3.63, 3.8) is 0 Å². The Morgan fingerprint density at radius 1 is 1.29 bits per heavy atom. The van der Waals surface area contributed by atoms with Crippen molar-refractivity contribution in [1.82, 2.24) is 15.3 Å². The van der Waals surface area contributed by atoms with E-state index in [4.69, 9.17) is 4.74 Å². The zero-order chi connectivity index (χ0) is 16.9. The van der Waals surface area contributed by atoms with E-state index in [0.29, 0.717) is 25.4 Å². The van der Waals surface area contributed by atoms with E-state index in [9.17, 15) is 9.18 Å². The summed E-state index contributed by atoms with van der Waals surface area (Å²) in [6, 6.07) is 9.40. The Bertz CT molecular complexity index is 744. The first-order chi connectivity index (χ1) is 11.7. The summed E-state index contributed by atoms with van der Waals surface area (Å²) in [6.45, 7) is 0.854. The zero-order valence-corrected chi connectivity index (χ0v) is 13.2. The molecule has 2 amide bonds. The summed E-state index contributed by atoms with van der Waals surface area (Å²) in [5, 5.41) is 8.49. The third kappa shape index (κ3) is 3.68. The minimum absolute atomic E-state index is 0.275. The number of pyridine rings is 1. The van der Waals surface area contributed by atoms with Gasteiger partial charge in [-0.1, -0.05) is 18.2 Å². The lowest BCUT2D eigenvalue weighted by atomic mass is 10.1. The Hall–Kier alpha value is -2.96. The first-order valence-corrected chi connectivity index (χ1v) is 7.53. The molecule has 0 aliphatic carbocycles. The summed E-state index contributed by atoms with van der Waals surface area (Å²) in [6.07, 6.45) is 2.29. The number of urea groups is 1.